The van der Waals surface area contributed by atoms with Gasteiger partial charge in [-0.05, 0) is 37.3 Å². The van der Waals surface area contributed by atoms with E-state index in [0.29, 0.717) is 38.8 Å². The van der Waals surface area contributed by atoms with Gasteiger partial charge in [-0.25, -0.2) is 4.79 Å². The van der Waals surface area contributed by atoms with Crippen molar-refractivity contribution >= 4 is 17.8 Å². The van der Waals surface area contributed by atoms with Crippen molar-refractivity contribution in [1.29, 1.82) is 0 Å². The number of nitrogens with one attached hydrogen (secondary N) is 3. The maximum Gasteiger partial charge on any atom is 0.322 e. The number of hydrogen-bond donors (Lipinski definition) is 3. The summed E-state index contributed by atoms with van der Waals surface area (Å²) < 4.78 is 5.95. The molecule has 0 atom stereocenters. The van der Waals surface area contributed by atoms with Crippen molar-refractivity contribution in [1.82, 2.24) is 16.0 Å². The first kappa shape index (κ1) is 19.9. The number of imide groups is 1. The maximum absolute atomic E-state index is 12.7. The summed E-state index contributed by atoms with van der Waals surface area (Å²) in [5.74, 6) is 0.260. The first-order valence-corrected chi connectivity index (χ1v) is 10.2. The van der Waals surface area contributed by atoms with Crippen molar-refractivity contribution in [3.05, 3.63) is 65.7 Å². The van der Waals surface area contributed by atoms with E-state index in [0.717, 1.165) is 16.9 Å². The van der Waals surface area contributed by atoms with Crippen LogP contribution in [0.25, 0.3) is 0 Å². The Hall–Kier alpha value is -3.35. The molecule has 1 heterocycles. The SMILES string of the molecule is O=C1NC(=O)C2(CCC(C(=O)NCc3ccccc3OCc3ccccc3)CC2)N1. The summed E-state index contributed by atoms with van der Waals surface area (Å²) in [6.07, 6.45) is 2.07. The highest BCUT2D eigenvalue weighted by Crippen LogP contribution is 2.34. The lowest BCUT2D eigenvalue weighted by Crippen LogP contribution is -2.50. The third kappa shape index (κ3) is 4.30. The maximum atomic E-state index is 12.7. The van der Waals surface area contributed by atoms with Gasteiger partial charge in [0, 0.05) is 18.0 Å². The summed E-state index contributed by atoms with van der Waals surface area (Å²) >= 11 is 0. The summed E-state index contributed by atoms with van der Waals surface area (Å²) in [4.78, 5) is 36.2. The minimum atomic E-state index is -0.842. The number of amides is 4. The number of carbonyl (C=O) groups excluding carboxylic acids is 3. The lowest BCUT2D eigenvalue weighted by atomic mass is 9.76. The molecular weight excluding hydrogens is 382 g/mol. The van der Waals surface area contributed by atoms with E-state index in [1.54, 1.807) is 0 Å². The molecular formula is C23H25N3O4. The van der Waals surface area contributed by atoms with E-state index in [9.17, 15) is 14.4 Å². The second kappa shape index (κ2) is 8.57. The van der Waals surface area contributed by atoms with E-state index < -0.39 is 11.6 Å². The van der Waals surface area contributed by atoms with E-state index >= 15 is 0 Å². The van der Waals surface area contributed by atoms with Crippen molar-refractivity contribution in [2.24, 2.45) is 5.92 Å². The Kier molecular flexibility index (Phi) is 5.70. The molecule has 1 saturated carbocycles. The highest BCUT2D eigenvalue weighted by molar-refractivity contribution is 6.07. The van der Waals surface area contributed by atoms with Crippen molar-refractivity contribution in [3.63, 3.8) is 0 Å². The Bertz CT molecular complexity index is 936. The van der Waals surface area contributed by atoms with Crippen LogP contribution in [-0.2, 0) is 22.7 Å². The minimum absolute atomic E-state index is 0.0348. The largest absolute Gasteiger partial charge is 0.489 e. The minimum Gasteiger partial charge on any atom is -0.489 e. The topological polar surface area (TPSA) is 96.5 Å². The van der Waals surface area contributed by atoms with Crippen LogP contribution in [-0.4, -0.2) is 23.4 Å². The van der Waals surface area contributed by atoms with Crippen LogP contribution in [0.15, 0.2) is 54.6 Å². The van der Waals surface area contributed by atoms with Crippen LogP contribution >= 0.6 is 0 Å². The monoisotopic (exact) mass is 407 g/mol. The zero-order valence-electron chi connectivity index (χ0n) is 16.6. The molecule has 4 amide bonds. The van der Waals surface area contributed by atoms with Gasteiger partial charge < -0.3 is 15.4 Å². The summed E-state index contributed by atoms with van der Waals surface area (Å²) in [6, 6.07) is 17.1. The summed E-state index contributed by atoms with van der Waals surface area (Å²) in [5, 5.41) is 8.02. The van der Waals surface area contributed by atoms with Crippen molar-refractivity contribution in [3.8, 4) is 5.75 Å². The van der Waals surface area contributed by atoms with Crippen LogP contribution in [0.3, 0.4) is 0 Å². The number of benzene rings is 2. The fraction of sp³-hybridized carbons (Fsp3) is 0.348. The average Bonchev–Trinajstić information content (AvgIpc) is 3.04. The average molecular weight is 407 g/mol. The Morgan fingerprint density at radius 3 is 2.43 bits per heavy atom. The molecule has 1 aliphatic carbocycles. The fourth-order valence-corrected chi connectivity index (χ4v) is 4.11. The van der Waals surface area contributed by atoms with Gasteiger partial charge in [0.05, 0.1) is 0 Å². The molecule has 7 heteroatoms. The van der Waals surface area contributed by atoms with Gasteiger partial charge in [0.25, 0.3) is 5.91 Å². The third-order valence-electron chi connectivity index (χ3n) is 5.89. The van der Waals surface area contributed by atoms with E-state index in [1.807, 2.05) is 54.6 Å². The lowest BCUT2D eigenvalue weighted by molar-refractivity contribution is -0.130. The highest BCUT2D eigenvalue weighted by atomic mass is 16.5. The third-order valence-corrected chi connectivity index (χ3v) is 5.89. The summed E-state index contributed by atoms with van der Waals surface area (Å²) in [6.45, 7) is 0.840. The number of carbonyl (C=O) groups is 3. The molecule has 2 aliphatic rings. The first-order chi connectivity index (χ1) is 14.6. The van der Waals surface area contributed by atoms with Crippen LogP contribution in [0.5, 0.6) is 5.75 Å². The van der Waals surface area contributed by atoms with Gasteiger partial charge in [-0.1, -0.05) is 48.5 Å². The molecule has 7 nitrogen and oxygen atoms in total. The molecule has 0 bridgehead atoms. The van der Waals surface area contributed by atoms with E-state index in [2.05, 4.69) is 16.0 Å². The normalized spacial score (nSPS) is 23.0. The molecule has 156 valence electrons. The summed E-state index contributed by atoms with van der Waals surface area (Å²) in [7, 11) is 0. The zero-order valence-corrected chi connectivity index (χ0v) is 16.6. The van der Waals surface area contributed by atoms with Crippen molar-refractivity contribution in [2.45, 2.75) is 44.4 Å². The molecule has 3 N–H and O–H groups in total. The molecule has 1 spiro atoms. The van der Waals surface area contributed by atoms with Gasteiger partial charge in [0.2, 0.25) is 5.91 Å². The van der Waals surface area contributed by atoms with Crippen LogP contribution in [0, 0.1) is 5.92 Å². The predicted molar refractivity (Wildman–Crippen MR) is 110 cm³/mol. The Labute approximate surface area is 175 Å². The standard InChI is InChI=1S/C23H25N3O4/c27-20(17-10-12-23(13-11-17)21(28)25-22(29)26-23)24-14-18-8-4-5-9-19(18)30-15-16-6-2-1-3-7-16/h1-9,17H,10-15H2,(H,24,27)(H2,25,26,28,29). The van der Waals surface area contributed by atoms with E-state index in [1.165, 1.54) is 0 Å². The smallest absolute Gasteiger partial charge is 0.322 e. The van der Waals surface area contributed by atoms with E-state index in [4.69, 9.17) is 4.74 Å². The molecule has 0 unspecified atom stereocenters. The molecule has 4 rings (SSSR count). The molecule has 30 heavy (non-hydrogen) atoms. The molecule has 1 saturated heterocycles. The molecule has 2 aromatic rings. The van der Waals surface area contributed by atoms with Crippen LogP contribution in [0.4, 0.5) is 4.79 Å². The van der Waals surface area contributed by atoms with Crippen LogP contribution < -0.4 is 20.7 Å². The predicted octanol–water partition coefficient (Wildman–Crippen LogP) is 2.65. The van der Waals surface area contributed by atoms with Gasteiger partial charge in [0.1, 0.15) is 17.9 Å². The summed E-state index contributed by atoms with van der Waals surface area (Å²) in [5.41, 5.74) is 1.15. The van der Waals surface area contributed by atoms with Gasteiger partial charge >= 0.3 is 6.03 Å². The van der Waals surface area contributed by atoms with Gasteiger partial charge in [-0.3, -0.25) is 14.9 Å². The van der Waals surface area contributed by atoms with E-state index in [-0.39, 0.29) is 17.7 Å². The molecule has 0 radical (unpaired) electrons. The van der Waals surface area contributed by atoms with Gasteiger partial charge in [-0.2, -0.15) is 0 Å². The number of urea groups is 1. The lowest BCUT2D eigenvalue weighted by Gasteiger charge is -2.33. The van der Waals surface area contributed by atoms with Gasteiger partial charge in [-0.15, -0.1) is 0 Å². The zero-order chi connectivity index (χ0) is 21.0. The van der Waals surface area contributed by atoms with Crippen LogP contribution in [0.2, 0.25) is 0 Å². The molecule has 1 aliphatic heterocycles. The fourth-order valence-electron chi connectivity index (χ4n) is 4.11. The molecule has 0 aromatic heterocycles. The Morgan fingerprint density at radius 1 is 1.03 bits per heavy atom. The number of hydrogen-bond acceptors (Lipinski definition) is 4. The second-order valence-electron chi connectivity index (χ2n) is 7.86. The number of para-hydroxylation sites is 1. The van der Waals surface area contributed by atoms with Crippen LogP contribution in [0.1, 0.15) is 36.8 Å². The molecule has 2 fully saturated rings. The van der Waals surface area contributed by atoms with Crippen molar-refractivity contribution in [2.75, 3.05) is 0 Å². The second-order valence-corrected chi connectivity index (χ2v) is 7.86. The number of ether oxygens (including phenoxy) is 1. The number of rotatable bonds is 6. The highest BCUT2D eigenvalue weighted by Gasteiger charge is 2.48. The first-order valence-electron chi connectivity index (χ1n) is 10.2. The Balaban J connectivity index is 1.30. The molecule has 2 aromatic carbocycles. The Morgan fingerprint density at radius 2 is 1.73 bits per heavy atom. The quantitative estimate of drug-likeness (QED) is 0.642. The van der Waals surface area contributed by atoms with Crippen molar-refractivity contribution < 1.29 is 19.1 Å². The van der Waals surface area contributed by atoms with Gasteiger partial charge in [0.15, 0.2) is 0 Å².